The molecule has 0 amide bonds. The molecule has 1 N–H and O–H groups in total. The lowest BCUT2D eigenvalue weighted by Crippen LogP contribution is -2.42. The highest BCUT2D eigenvalue weighted by molar-refractivity contribution is 9.11. The summed E-state index contributed by atoms with van der Waals surface area (Å²) in [5, 5.41) is 3.50. The van der Waals surface area contributed by atoms with Gasteiger partial charge in [-0.3, -0.25) is 4.98 Å². The molecule has 2 rings (SSSR count). The van der Waals surface area contributed by atoms with Crippen LogP contribution in [0.1, 0.15) is 19.0 Å². The van der Waals surface area contributed by atoms with Crippen molar-refractivity contribution in [3.63, 3.8) is 0 Å². The molecule has 1 aromatic heterocycles. The molecule has 16 heavy (non-hydrogen) atoms. The highest BCUT2D eigenvalue weighted by Crippen LogP contribution is 2.22. The Bertz CT molecular complexity index is 378. The Balaban J connectivity index is 1.99. The summed E-state index contributed by atoms with van der Waals surface area (Å²) < 4.78 is 7.41. The van der Waals surface area contributed by atoms with Crippen LogP contribution in [0.5, 0.6) is 0 Å². The first-order chi connectivity index (χ1) is 7.59. The van der Waals surface area contributed by atoms with Gasteiger partial charge >= 0.3 is 0 Å². The van der Waals surface area contributed by atoms with E-state index in [-0.39, 0.29) is 5.54 Å². The van der Waals surface area contributed by atoms with Crippen molar-refractivity contribution in [3.8, 4) is 0 Å². The average molecular weight is 350 g/mol. The summed E-state index contributed by atoms with van der Waals surface area (Å²) in [6, 6.07) is 2.01. The van der Waals surface area contributed by atoms with Gasteiger partial charge in [-0.1, -0.05) is 0 Å². The van der Waals surface area contributed by atoms with E-state index >= 15 is 0 Å². The molecule has 0 bridgehead atoms. The van der Waals surface area contributed by atoms with Crippen LogP contribution in [0.15, 0.2) is 21.2 Å². The molecule has 0 aliphatic carbocycles. The van der Waals surface area contributed by atoms with E-state index in [9.17, 15) is 0 Å². The third kappa shape index (κ3) is 3.03. The minimum Gasteiger partial charge on any atom is -0.379 e. The monoisotopic (exact) mass is 348 g/mol. The summed E-state index contributed by atoms with van der Waals surface area (Å²) in [6.45, 7) is 4.57. The highest BCUT2D eigenvalue weighted by atomic mass is 79.9. The summed E-state index contributed by atoms with van der Waals surface area (Å²) in [5.74, 6) is 0. The normalized spacial score (nSPS) is 24.9. The molecule has 5 heteroatoms. The Kier molecular flexibility index (Phi) is 4.00. The summed E-state index contributed by atoms with van der Waals surface area (Å²) in [7, 11) is 0. The lowest BCUT2D eigenvalue weighted by atomic mass is 10.0. The van der Waals surface area contributed by atoms with Crippen molar-refractivity contribution in [2.75, 3.05) is 13.2 Å². The molecule has 1 aliphatic heterocycles. The van der Waals surface area contributed by atoms with Gasteiger partial charge < -0.3 is 10.1 Å². The van der Waals surface area contributed by atoms with Crippen LogP contribution >= 0.6 is 31.9 Å². The van der Waals surface area contributed by atoms with Crippen molar-refractivity contribution in [2.45, 2.75) is 25.4 Å². The molecule has 0 saturated carbocycles. The first-order valence-corrected chi connectivity index (χ1v) is 6.80. The second-order valence-corrected chi connectivity index (χ2v) is 6.07. The van der Waals surface area contributed by atoms with E-state index in [1.807, 2.05) is 12.3 Å². The summed E-state index contributed by atoms with van der Waals surface area (Å²) >= 11 is 6.90. The van der Waals surface area contributed by atoms with E-state index in [0.717, 1.165) is 40.8 Å². The molecular weight excluding hydrogens is 336 g/mol. The fourth-order valence-electron chi connectivity index (χ4n) is 1.68. The zero-order valence-electron chi connectivity index (χ0n) is 9.09. The molecule has 1 fully saturated rings. The van der Waals surface area contributed by atoms with Crippen LogP contribution in [0.4, 0.5) is 0 Å². The minimum atomic E-state index is 0.0915. The fourth-order valence-corrected chi connectivity index (χ4v) is 2.80. The minimum absolute atomic E-state index is 0.0915. The predicted octanol–water partition coefficient (Wildman–Crippen LogP) is 2.88. The van der Waals surface area contributed by atoms with Crippen molar-refractivity contribution in [1.82, 2.24) is 10.3 Å². The number of pyridine rings is 1. The molecule has 0 radical (unpaired) electrons. The van der Waals surface area contributed by atoms with Gasteiger partial charge in [0, 0.05) is 33.8 Å². The molecule has 1 atom stereocenters. The van der Waals surface area contributed by atoms with Crippen LogP contribution in [0.3, 0.4) is 0 Å². The first-order valence-electron chi connectivity index (χ1n) is 5.22. The van der Waals surface area contributed by atoms with E-state index in [0.29, 0.717) is 0 Å². The van der Waals surface area contributed by atoms with Gasteiger partial charge in [0.15, 0.2) is 0 Å². The van der Waals surface area contributed by atoms with E-state index in [4.69, 9.17) is 4.74 Å². The number of aromatic nitrogens is 1. The third-order valence-electron chi connectivity index (χ3n) is 2.79. The zero-order chi connectivity index (χ0) is 11.6. The van der Waals surface area contributed by atoms with Crippen LogP contribution in [0.25, 0.3) is 0 Å². The van der Waals surface area contributed by atoms with Crippen molar-refractivity contribution >= 4 is 31.9 Å². The Morgan fingerprint density at radius 1 is 1.56 bits per heavy atom. The Labute approximate surface area is 112 Å². The van der Waals surface area contributed by atoms with E-state index < -0.39 is 0 Å². The Morgan fingerprint density at radius 2 is 2.38 bits per heavy atom. The molecule has 1 aliphatic rings. The standard InChI is InChI=1S/C11H14Br2N2O/c1-11(2-3-16-7-11)15-6-10-9(13)4-8(12)5-14-10/h4-5,15H,2-3,6-7H2,1H3. The number of rotatable bonds is 3. The van der Waals surface area contributed by atoms with Crippen molar-refractivity contribution in [2.24, 2.45) is 0 Å². The van der Waals surface area contributed by atoms with Gasteiger partial charge in [-0.05, 0) is 51.3 Å². The molecule has 3 nitrogen and oxygen atoms in total. The molecule has 88 valence electrons. The van der Waals surface area contributed by atoms with E-state index in [1.54, 1.807) is 0 Å². The number of hydrogen-bond donors (Lipinski definition) is 1. The molecule has 0 spiro atoms. The van der Waals surface area contributed by atoms with Crippen LogP contribution in [0.2, 0.25) is 0 Å². The van der Waals surface area contributed by atoms with Crippen LogP contribution in [-0.4, -0.2) is 23.7 Å². The number of halogens is 2. The van der Waals surface area contributed by atoms with Crippen LogP contribution in [0, 0.1) is 0 Å². The maximum absolute atomic E-state index is 5.40. The lowest BCUT2D eigenvalue weighted by molar-refractivity contribution is 0.171. The largest absolute Gasteiger partial charge is 0.379 e. The maximum atomic E-state index is 5.40. The molecule has 1 unspecified atom stereocenters. The van der Waals surface area contributed by atoms with Gasteiger partial charge in [-0.25, -0.2) is 0 Å². The predicted molar refractivity (Wildman–Crippen MR) is 70.3 cm³/mol. The second kappa shape index (κ2) is 5.12. The van der Waals surface area contributed by atoms with Gasteiger partial charge in [-0.2, -0.15) is 0 Å². The highest BCUT2D eigenvalue weighted by Gasteiger charge is 2.28. The number of nitrogens with zero attached hydrogens (tertiary/aromatic N) is 1. The zero-order valence-corrected chi connectivity index (χ0v) is 12.3. The van der Waals surface area contributed by atoms with Crippen molar-refractivity contribution < 1.29 is 4.74 Å². The lowest BCUT2D eigenvalue weighted by Gasteiger charge is -2.23. The van der Waals surface area contributed by atoms with Crippen LogP contribution in [-0.2, 0) is 11.3 Å². The molecule has 1 saturated heterocycles. The Hall–Kier alpha value is 0.0300. The molecular formula is C11H14Br2N2O. The van der Waals surface area contributed by atoms with Gasteiger partial charge in [0.1, 0.15) is 0 Å². The van der Waals surface area contributed by atoms with E-state index in [2.05, 4.69) is 49.1 Å². The average Bonchev–Trinajstić information content (AvgIpc) is 2.64. The SMILES string of the molecule is CC1(NCc2ncc(Br)cc2Br)CCOC1. The smallest absolute Gasteiger partial charge is 0.0684 e. The van der Waals surface area contributed by atoms with Crippen molar-refractivity contribution in [1.29, 1.82) is 0 Å². The van der Waals surface area contributed by atoms with E-state index in [1.165, 1.54) is 0 Å². The third-order valence-corrected chi connectivity index (χ3v) is 3.91. The quantitative estimate of drug-likeness (QED) is 0.911. The number of ether oxygens (including phenoxy) is 1. The van der Waals surface area contributed by atoms with Gasteiger partial charge in [0.05, 0.1) is 12.3 Å². The van der Waals surface area contributed by atoms with Gasteiger partial charge in [-0.15, -0.1) is 0 Å². The summed E-state index contributed by atoms with van der Waals surface area (Å²) in [5.41, 5.74) is 1.12. The van der Waals surface area contributed by atoms with Crippen molar-refractivity contribution in [3.05, 3.63) is 26.9 Å². The topological polar surface area (TPSA) is 34.2 Å². The molecule has 1 aromatic rings. The second-order valence-electron chi connectivity index (χ2n) is 4.30. The van der Waals surface area contributed by atoms with Crippen LogP contribution < -0.4 is 5.32 Å². The maximum Gasteiger partial charge on any atom is 0.0684 e. The Morgan fingerprint density at radius 3 is 3.00 bits per heavy atom. The first kappa shape index (κ1) is 12.5. The summed E-state index contributed by atoms with van der Waals surface area (Å²) in [6.07, 6.45) is 2.87. The van der Waals surface area contributed by atoms with Gasteiger partial charge in [0.25, 0.3) is 0 Å². The van der Waals surface area contributed by atoms with Gasteiger partial charge in [0.2, 0.25) is 0 Å². The fraction of sp³-hybridized carbons (Fsp3) is 0.545. The molecule has 0 aromatic carbocycles. The summed E-state index contributed by atoms with van der Waals surface area (Å²) in [4.78, 5) is 4.37. The number of nitrogens with one attached hydrogen (secondary N) is 1. The molecule has 2 heterocycles. The number of hydrogen-bond acceptors (Lipinski definition) is 3.